The molecule has 0 aromatic heterocycles. The molecular weight excluding hydrogens is 290 g/mol. The van der Waals surface area contributed by atoms with Gasteiger partial charge >= 0.3 is 5.97 Å². The molecule has 0 saturated heterocycles. The lowest BCUT2D eigenvalue weighted by Crippen LogP contribution is -2.26. The predicted molar refractivity (Wildman–Crippen MR) is 89.8 cm³/mol. The van der Waals surface area contributed by atoms with Gasteiger partial charge < -0.3 is 10.1 Å². The molecule has 0 fully saturated rings. The third-order valence-corrected chi connectivity index (χ3v) is 3.10. The molecule has 0 unspecified atom stereocenters. The Hall–Kier alpha value is -2.88. The van der Waals surface area contributed by atoms with Crippen molar-refractivity contribution in [2.75, 3.05) is 13.2 Å². The van der Waals surface area contributed by atoms with Gasteiger partial charge in [0.25, 0.3) is 5.91 Å². The van der Waals surface area contributed by atoms with Crippen LogP contribution in [0.2, 0.25) is 0 Å². The molecule has 118 valence electrons. The molecule has 0 aliphatic heterocycles. The minimum Gasteiger partial charge on any atom is -0.461 e. The minimum atomic E-state index is -0.337. The number of hydrogen-bond donors (Lipinski definition) is 1. The van der Waals surface area contributed by atoms with E-state index in [2.05, 4.69) is 5.32 Å². The standard InChI is InChI=1S/C19H19NO3/c21-18(23-15-7-10-16-8-3-1-4-9-16)13-14-20-19(22)17-11-5-2-6-12-17/h1-12H,13-15H2,(H,20,22)/b10-7+. The largest absolute Gasteiger partial charge is 0.461 e. The lowest BCUT2D eigenvalue weighted by Gasteiger charge is -2.05. The van der Waals surface area contributed by atoms with Gasteiger partial charge in [0.2, 0.25) is 0 Å². The Kier molecular flexibility index (Phi) is 6.60. The van der Waals surface area contributed by atoms with Crippen LogP contribution >= 0.6 is 0 Å². The summed E-state index contributed by atoms with van der Waals surface area (Å²) >= 11 is 0. The number of hydrogen-bond acceptors (Lipinski definition) is 3. The first-order valence-corrected chi connectivity index (χ1v) is 7.46. The van der Waals surface area contributed by atoms with E-state index in [0.717, 1.165) is 5.56 Å². The molecule has 0 atom stereocenters. The molecule has 23 heavy (non-hydrogen) atoms. The van der Waals surface area contributed by atoms with Gasteiger partial charge in [0, 0.05) is 12.1 Å². The van der Waals surface area contributed by atoms with E-state index in [0.29, 0.717) is 5.56 Å². The van der Waals surface area contributed by atoms with E-state index >= 15 is 0 Å². The zero-order valence-corrected chi connectivity index (χ0v) is 12.8. The van der Waals surface area contributed by atoms with Crippen LogP contribution in [0.4, 0.5) is 0 Å². The van der Waals surface area contributed by atoms with Crippen molar-refractivity contribution in [3.8, 4) is 0 Å². The summed E-state index contributed by atoms with van der Waals surface area (Å²) in [5.41, 5.74) is 1.63. The molecule has 4 nitrogen and oxygen atoms in total. The Morgan fingerprint density at radius 3 is 2.30 bits per heavy atom. The second-order valence-electron chi connectivity index (χ2n) is 4.87. The zero-order valence-electron chi connectivity index (χ0n) is 12.8. The third-order valence-electron chi connectivity index (χ3n) is 3.10. The number of ether oxygens (including phenoxy) is 1. The molecule has 0 heterocycles. The van der Waals surface area contributed by atoms with E-state index < -0.39 is 0 Å². The van der Waals surface area contributed by atoms with Gasteiger partial charge in [0.15, 0.2) is 0 Å². The Morgan fingerprint density at radius 1 is 0.957 bits per heavy atom. The quantitative estimate of drug-likeness (QED) is 0.800. The van der Waals surface area contributed by atoms with Crippen molar-refractivity contribution >= 4 is 18.0 Å². The lowest BCUT2D eigenvalue weighted by molar-refractivity contribution is -0.142. The van der Waals surface area contributed by atoms with Crippen molar-refractivity contribution < 1.29 is 14.3 Å². The van der Waals surface area contributed by atoms with Crippen molar-refractivity contribution in [2.45, 2.75) is 6.42 Å². The van der Waals surface area contributed by atoms with E-state index in [1.54, 1.807) is 30.3 Å². The summed E-state index contributed by atoms with van der Waals surface area (Å²) in [6, 6.07) is 18.7. The number of amides is 1. The molecule has 2 aromatic carbocycles. The van der Waals surface area contributed by atoms with Gasteiger partial charge in [-0.25, -0.2) is 0 Å². The highest BCUT2D eigenvalue weighted by molar-refractivity contribution is 5.94. The van der Waals surface area contributed by atoms with Gasteiger partial charge in [0.05, 0.1) is 6.42 Å². The Labute approximate surface area is 135 Å². The summed E-state index contributed by atoms with van der Waals surface area (Å²) in [6.45, 7) is 0.481. The topological polar surface area (TPSA) is 55.4 Å². The van der Waals surface area contributed by atoms with E-state index in [1.807, 2.05) is 42.5 Å². The van der Waals surface area contributed by atoms with Crippen LogP contribution in [0, 0.1) is 0 Å². The van der Waals surface area contributed by atoms with Crippen molar-refractivity contribution in [3.63, 3.8) is 0 Å². The summed E-state index contributed by atoms with van der Waals surface area (Å²) in [5, 5.41) is 2.69. The van der Waals surface area contributed by atoms with Crippen LogP contribution < -0.4 is 5.32 Å². The van der Waals surface area contributed by atoms with E-state index in [9.17, 15) is 9.59 Å². The fourth-order valence-corrected chi connectivity index (χ4v) is 1.93. The minimum absolute atomic E-state index is 0.151. The van der Waals surface area contributed by atoms with Crippen LogP contribution in [0.15, 0.2) is 66.7 Å². The number of esters is 1. The second kappa shape index (κ2) is 9.20. The SMILES string of the molecule is O=C(CCNC(=O)c1ccccc1)OC/C=C/c1ccccc1. The number of nitrogens with one attached hydrogen (secondary N) is 1. The van der Waals surface area contributed by atoms with Crippen LogP contribution in [0.3, 0.4) is 0 Å². The van der Waals surface area contributed by atoms with Gasteiger partial charge in [-0.1, -0.05) is 54.6 Å². The Balaban J connectivity index is 1.62. The number of rotatable bonds is 7. The highest BCUT2D eigenvalue weighted by Gasteiger charge is 2.06. The van der Waals surface area contributed by atoms with Crippen LogP contribution in [-0.2, 0) is 9.53 Å². The van der Waals surface area contributed by atoms with Gasteiger partial charge in [-0.3, -0.25) is 9.59 Å². The van der Waals surface area contributed by atoms with Crippen LogP contribution in [-0.4, -0.2) is 25.0 Å². The summed E-state index contributed by atoms with van der Waals surface area (Å²) in [4.78, 5) is 23.3. The molecule has 0 saturated carbocycles. The Morgan fingerprint density at radius 2 is 1.61 bits per heavy atom. The van der Waals surface area contributed by atoms with Crippen molar-refractivity contribution in [1.29, 1.82) is 0 Å². The molecule has 0 spiro atoms. The first-order valence-electron chi connectivity index (χ1n) is 7.46. The highest BCUT2D eigenvalue weighted by Crippen LogP contribution is 2.01. The number of carbonyl (C=O) groups excluding carboxylic acids is 2. The van der Waals surface area contributed by atoms with Gasteiger partial charge in [-0.05, 0) is 23.8 Å². The zero-order chi connectivity index (χ0) is 16.3. The maximum Gasteiger partial charge on any atom is 0.307 e. The third kappa shape index (κ3) is 6.18. The summed E-state index contributed by atoms with van der Waals surface area (Å²) in [6.07, 6.45) is 3.83. The van der Waals surface area contributed by atoms with Crippen LogP contribution in [0.5, 0.6) is 0 Å². The summed E-state index contributed by atoms with van der Waals surface area (Å²) in [5.74, 6) is -0.529. The van der Waals surface area contributed by atoms with E-state index in [-0.39, 0.29) is 31.4 Å². The molecule has 0 aliphatic carbocycles. The number of carbonyl (C=O) groups is 2. The highest BCUT2D eigenvalue weighted by atomic mass is 16.5. The predicted octanol–water partition coefficient (Wildman–Crippen LogP) is 3.06. The fraction of sp³-hybridized carbons (Fsp3) is 0.158. The first-order chi connectivity index (χ1) is 11.3. The maximum absolute atomic E-state index is 11.8. The monoisotopic (exact) mass is 309 g/mol. The summed E-state index contributed by atoms with van der Waals surface area (Å²) < 4.78 is 5.07. The molecule has 1 N–H and O–H groups in total. The number of benzene rings is 2. The molecular formula is C19H19NO3. The van der Waals surface area contributed by atoms with Gasteiger partial charge in [-0.15, -0.1) is 0 Å². The molecule has 4 heteroatoms. The average Bonchev–Trinajstić information content (AvgIpc) is 2.60. The molecule has 2 rings (SSSR count). The average molecular weight is 309 g/mol. The molecule has 0 radical (unpaired) electrons. The molecule has 0 bridgehead atoms. The normalized spacial score (nSPS) is 10.4. The summed E-state index contributed by atoms with van der Waals surface area (Å²) in [7, 11) is 0. The van der Waals surface area contributed by atoms with Crippen molar-refractivity contribution in [3.05, 3.63) is 77.9 Å². The lowest BCUT2D eigenvalue weighted by atomic mass is 10.2. The maximum atomic E-state index is 11.8. The van der Waals surface area contributed by atoms with E-state index in [4.69, 9.17) is 4.74 Å². The second-order valence-corrected chi connectivity index (χ2v) is 4.87. The molecule has 2 aromatic rings. The van der Waals surface area contributed by atoms with Gasteiger partial charge in [-0.2, -0.15) is 0 Å². The smallest absolute Gasteiger partial charge is 0.307 e. The van der Waals surface area contributed by atoms with Gasteiger partial charge in [0.1, 0.15) is 6.61 Å². The first kappa shape index (κ1) is 16.5. The Bertz CT molecular complexity index is 651. The van der Waals surface area contributed by atoms with E-state index in [1.165, 1.54) is 0 Å². The van der Waals surface area contributed by atoms with Crippen LogP contribution in [0.25, 0.3) is 6.08 Å². The fourth-order valence-electron chi connectivity index (χ4n) is 1.93. The van der Waals surface area contributed by atoms with Crippen molar-refractivity contribution in [2.24, 2.45) is 0 Å². The van der Waals surface area contributed by atoms with Crippen LogP contribution in [0.1, 0.15) is 22.3 Å². The molecule has 0 aliphatic rings. The molecule has 1 amide bonds. The van der Waals surface area contributed by atoms with Crippen molar-refractivity contribution in [1.82, 2.24) is 5.32 Å².